The molecule has 178 valence electrons. The quantitative estimate of drug-likeness (QED) is 0.325. The van der Waals surface area contributed by atoms with Gasteiger partial charge < -0.3 is 19.8 Å². The number of hydrogen-bond acceptors (Lipinski definition) is 10. The van der Waals surface area contributed by atoms with Gasteiger partial charge in [-0.15, -0.1) is 0 Å². The Morgan fingerprint density at radius 3 is 2.79 bits per heavy atom. The smallest absolute Gasteiger partial charge is 0.231 e. The molecule has 1 aromatic carbocycles. The van der Waals surface area contributed by atoms with Crippen LogP contribution >= 0.6 is 11.8 Å². The molecular formula is C20H22N8O4S2. The molecule has 4 heterocycles. The maximum absolute atomic E-state index is 12.2. The van der Waals surface area contributed by atoms with Crippen molar-refractivity contribution in [1.29, 1.82) is 0 Å². The summed E-state index contributed by atoms with van der Waals surface area (Å²) in [4.78, 5) is 13.9. The van der Waals surface area contributed by atoms with Crippen LogP contribution < -0.4 is 19.9 Å². The predicted octanol–water partition coefficient (Wildman–Crippen LogP) is 2.01. The van der Waals surface area contributed by atoms with E-state index in [0.29, 0.717) is 34.4 Å². The first-order valence-corrected chi connectivity index (χ1v) is 12.8. The van der Waals surface area contributed by atoms with Gasteiger partial charge in [-0.1, -0.05) is 11.8 Å². The number of H-pyrrole nitrogens is 1. The number of hydrogen-bond donors (Lipinski definition) is 3. The third-order valence-corrected chi connectivity index (χ3v) is 8.14. The number of aromatic nitrogens is 6. The number of nitrogens with zero attached hydrogens (tertiary/aromatic N) is 5. The molecule has 0 spiro atoms. The number of fused-ring (bicyclic) bond motifs is 2. The van der Waals surface area contributed by atoms with Crippen molar-refractivity contribution < 1.29 is 17.9 Å². The molecular weight excluding hydrogens is 480 g/mol. The minimum atomic E-state index is -3.42. The van der Waals surface area contributed by atoms with E-state index in [1.165, 1.54) is 18.1 Å². The summed E-state index contributed by atoms with van der Waals surface area (Å²) in [7, 11) is -3.42. The van der Waals surface area contributed by atoms with Crippen molar-refractivity contribution in [1.82, 2.24) is 34.4 Å². The maximum Gasteiger partial charge on any atom is 0.231 e. The number of nitrogen functional groups attached to an aromatic ring is 1. The molecule has 34 heavy (non-hydrogen) atoms. The number of imidazole rings is 1. The van der Waals surface area contributed by atoms with E-state index in [2.05, 4.69) is 29.9 Å². The van der Waals surface area contributed by atoms with E-state index in [0.717, 1.165) is 16.2 Å². The number of benzene rings is 1. The van der Waals surface area contributed by atoms with Crippen LogP contribution in [0.2, 0.25) is 0 Å². The molecule has 0 radical (unpaired) electrons. The molecule has 0 atom stereocenters. The van der Waals surface area contributed by atoms with Crippen molar-refractivity contribution in [3.05, 3.63) is 30.7 Å². The van der Waals surface area contributed by atoms with E-state index < -0.39 is 15.3 Å². The summed E-state index contributed by atoms with van der Waals surface area (Å²) < 4.78 is 40.0. The van der Waals surface area contributed by atoms with Crippen LogP contribution in [-0.2, 0) is 16.6 Å². The topological polar surface area (TPSA) is 163 Å². The molecule has 12 nitrogen and oxygen atoms in total. The highest BCUT2D eigenvalue weighted by molar-refractivity contribution is 7.99. The van der Waals surface area contributed by atoms with E-state index in [9.17, 15) is 8.42 Å². The summed E-state index contributed by atoms with van der Waals surface area (Å²) in [5.74, 6) is 1.49. The normalized spacial score (nSPS) is 13.3. The van der Waals surface area contributed by atoms with Crippen LogP contribution in [0, 0.1) is 0 Å². The Labute approximate surface area is 199 Å². The van der Waals surface area contributed by atoms with Gasteiger partial charge in [0, 0.05) is 29.7 Å². The van der Waals surface area contributed by atoms with E-state index in [-0.39, 0.29) is 19.2 Å². The largest absolute Gasteiger partial charge is 0.454 e. The lowest BCUT2D eigenvalue weighted by Crippen LogP contribution is -2.33. The highest BCUT2D eigenvalue weighted by Gasteiger charge is 2.23. The number of rotatable bonds is 8. The zero-order valence-corrected chi connectivity index (χ0v) is 20.0. The van der Waals surface area contributed by atoms with Crippen molar-refractivity contribution in [2.75, 3.05) is 19.1 Å². The molecule has 0 saturated carbocycles. The van der Waals surface area contributed by atoms with E-state index >= 15 is 0 Å². The fourth-order valence-electron chi connectivity index (χ4n) is 3.40. The molecule has 1 aliphatic rings. The van der Waals surface area contributed by atoms with Crippen LogP contribution in [0.15, 0.2) is 40.8 Å². The van der Waals surface area contributed by atoms with Crippen LogP contribution in [0.5, 0.6) is 11.5 Å². The lowest BCUT2D eigenvalue weighted by atomic mass is 10.1. The summed E-state index contributed by atoms with van der Waals surface area (Å²) >= 11 is 1.37. The van der Waals surface area contributed by atoms with Crippen molar-refractivity contribution in [2.24, 2.45) is 0 Å². The molecule has 0 saturated heterocycles. The standard InChI is InChI=1S/C20H22N8O4S2/c1-11(2)34(29,30)25-5-6-28-19-17(18(21)22-9-23-19)26-20(28)33-16-8-15-14(31-10-32-15)7-12(16)13-3-4-24-27-13/h3-4,7-9,11,25H,5-6,10H2,1-2H3,(H,24,27)(H2,21,22,23). The van der Waals surface area contributed by atoms with Crippen LogP contribution in [-0.4, -0.2) is 56.7 Å². The molecule has 4 N–H and O–H groups in total. The second-order valence-corrected chi connectivity index (χ2v) is 11.1. The number of nitrogens with one attached hydrogen (secondary N) is 2. The Bertz CT molecular complexity index is 1450. The third kappa shape index (κ3) is 4.15. The molecule has 0 fully saturated rings. The minimum Gasteiger partial charge on any atom is -0.454 e. The average Bonchev–Trinajstić information content (AvgIpc) is 3.54. The Kier molecular flexibility index (Phi) is 5.79. The van der Waals surface area contributed by atoms with Crippen molar-refractivity contribution >= 4 is 38.8 Å². The van der Waals surface area contributed by atoms with Gasteiger partial charge in [-0.05, 0) is 32.0 Å². The summed E-state index contributed by atoms with van der Waals surface area (Å²) in [6.45, 7) is 3.85. The second kappa shape index (κ2) is 8.77. The van der Waals surface area contributed by atoms with Crippen molar-refractivity contribution in [3.8, 4) is 22.8 Å². The minimum absolute atomic E-state index is 0.143. The van der Waals surface area contributed by atoms with Crippen LogP contribution in [0.25, 0.3) is 22.4 Å². The first-order valence-electron chi connectivity index (χ1n) is 10.4. The van der Waals surface area contributed by atoms with Crippen molar-refractivity contribution in [3.63, 3.8) is 0 Å². The van der Waals surface area contributed by atoms with Gasteiger partial charge in [-0.25, -0.2) is 28.1 Å². The molecule has 4 aromatic rings. The fraction of sp³-hybridized carbons (Fsp3) is 0.300. The zero-order valence-electron chi connectivity index (χ0n) is 18.3. The zero-order chi connectivity index (χ0) is 23.9. The van der Waals surface area contributed by atoms with Gasteiger partial charge in [0.05, 0.1) is 10.9 Å². The van der Waals surface area contributed by atoms with Gasteiger partial charge in [-0.2, -0.15) is 5.10 Å². The number of anilines is 1. The molecule has 14 heteroatoms. The lowest BCUT2D eigenvalue weighted by Gasteiger charge is -2.13. The number of sulfonamides is 1. The molecule has 0 amide bonds. The second-order valence-electron chi connectivity index (χ2n) is 7.73. The highest BCUT2D eigenvalue weighted by atomic mass is 32.2. The SMILES string of the molecule is CC(C)S(=O)(=O)NCCn1c(Sc2cc3c(cc2-c2cc[nH]n2)OCO3)nc2c(N)ncnc21. The third-order valence-electron chi connectivity index (χ3n) is 5.24. The van der Waals surface area contributed by atoms with Gasteiger partial charge in [-0.3, -0.25) is 5.10 Å². The van der Waals surface area contributed by atoms with E-state index in [1.807, 2.05) is 22.8 Å². The van der Waals surface area contributed by atoms with Gasteiger partial charge in [0.15, 0.2) is 33.6 Å². The Morgan fingerprint density at radius 2 is 2.06 bits per heavy atom. The maximum atomic E-state index is 12.2. The lowest BCUT2D eigenvalue weighted by molar-refractivity contribution is 0.174. The van der Waals surface area contributed by atoms with Gasteiger partial charge in [0.2, 0.25) is 16.8 Å². The molecule has 0 aliphatic carbocycles. The fourth-order valence-corrected chi connectivity index (χ4v) is 5.17. The Hall–Kier alpha value is -3.36. The molecule has 3 aromatic heterocycles. The molecule has 1 aliphatic heterocycles. The summed E-state index contributed by atoms with van der Waals surface area (Å²) in [5.41, 5.74) is 8.57. The number of nitrogens with two attached hydrogens (primary N) is 1. The van der Waals surface area contributed by atoms with Gasteiger partial charge in [0.1, 0.15) is 6.33 Å². The average molecular weight is 503 g/mol. The highest BCUT2D eigenvalue weighted by Crippen LogP contribution is 2.44. The monoisotopic (exact) mass is 502 g/mol. The first-order chi connectivity index (χ1) is 16.3. The molecule has 0 unspecified atom stereocenters. The summed E-state index contributed by atoms with van der Waals surface area (Å²) in [6, 6.07) is 5.60. The number of aromatic amines is 1. The first kappa shape index (κ1) is 22.4. The van der Waals surface area contributed by atoms with E-state index in [4.69, 9.17) is 15.2 Å². The van der Waals surface area contributed by atoms with Crippen LogP contribution in [0.3, 0.4) is 0 Å². The number of ether oxygens (including phenoxy) is 2. The Morgan fingerprint density at radius 1 is 1.26 bits per heavy atom. The summed E-state index contributed by atoms with van der Waals surface area (Å²) in [6.07, 6.45) is 3.10. The van der Waals surface area contributed by atoms with E-state index in [1.54, 1.807) is 20.0 Å². The van der Waals surface area contributed by atoms with Gasteiger partial charge >= 0.3 is 0 Å². The summed E-state index contributed by atoms with van der Waals surface area (Å²) in [5, 5.41) is 7.16. The predicted molar refractivity (Wildman–Crippen MR) is 126 cm³/mol. The van der Waals surface area contributed by atoms with Crippen LogP contribution in [0.1, 0.15) is 13.8 Å². The Balaban J connectivity index is 1.55. The van der Waals surface area contributed by atoms with Gasteiger partial charge in [0.25, 0.3) is 0 Å². The van der Waals surface area contributed by atoms with Crippen LogP contribution in [0.4, 0.5) is 5.82 Å². The molecule has 0 bridgehead atoms. The molecule has 5 rings (SSSR count). The van der Waals surface area contributed by atoms with Crippen molar-refractivity contribution in [2.45, 2.75) is 35.7 Å².